The predicted molar refractivity (Wildman–Crippen MR) is 76.8 cm³/mol. The Morgan fingerprint density at radius 3 is 3.21 bits per heavy atom. The van der Waals surface area contributed by atoms with Crippen molar-refractivity contribution in [3.05, 3.63) is 28.5 Å². The maximum absolute atomic E-state index is 12.4. The van der Waals surface area contributed by atoms with Gasteiger partial charge in [-0.2, -0.15) is 0 Å². The standard InChI is InChI=1S/C14H20N2O2S/c1-2-9-18-11-5-4-8-16(10-11)14(17)12-6-3-7-15-13(12)19/h3,6-7,11H,2,4-5,8-10H2,1H3,(H,15,19)/t11-/m1/s1. The number of hydrogen-bond donors (Lipinski definition) is 1. The van der Waals surface area contributed by atoms with Gasteiger partial charge in [0.05, 0.1) is 11.7 Å². The van der Waals surface area contributed by atoms with Crippen LogP contribution < -0.4 is 0 Å². The molecule has 0 bridgehead atoms. The van der Waals surface area contributed by atoms with Crippen molar-refractivity contribution in [1.82, 2.24) is 9.88 Å². The van der Waals surface area contributed by atoms with Crippen LogP contribution in [0.1, 0.15) is 36.5 Å². The summed E-state index contributed by atoms with van der Waals surface area (Å²) in [6, 6.07) is 3.58. The topological polar surface area (TPSA) is 45.3 Å². The van der Waals surface area contributed by atoms with Gasteiger partial charge in [0, 0.05) is 25.9 Å². The number of aromatic nitrogens is 1. The number of nitrogens with one attached hydrogen (secondary N) is 1. The van der Waals surface area contributed by atoms with Gasteiger partial charge in [-0.3, -0.25) is 4.79 Å². The van der Waals surface area contributed by atoms with Crippen molar-refractivity contribution in [2.45, 2.75) is 32.3 Å². The van der Waals surface area contributed by atoms with Gasteiger partial charge in [-0.1, -0.05) is 19.1 Å². The molecule has 1 aliphatic heterocycles. The molecule has 2 rings (SSSR count). The summed E-state index contributed by atoms with van der Waals surface area (Å²) in [5.41, 5.74) is 0.577. The van der Waals surface area contributed by atoms with E-state index in [0.717, 1.165) is 32.4 Å². The molecule has 0 saturated carbocycles. The highest BCUT2D eigenvalue weighted by Crippen LogP contribution is 2.16. The van der Waals surface area contributed by atoms with Crippen LogP contribution in [0.5, 0.6) is 0 Å². The fraction of sp³-hybridized carbons (Fsp3) is 0.571. The van der Waals surface area contributed by atoms with Gasteiger partial charge in [0.2, 0.25) is 0 Å². The van der Waals surface area contributed by atoms with E-state index in [1.54, 1.807) is 18.3 Å². The minimum Gasteiger partial charge on any atom is -0.376 e. The lowest BCUT2D eigenvalue weighted by atomic mass is 10.1. The molecule has 1 amide bonds. The zero-order chi connectivity index (χ0) is 13.7. The zero-order valence-electron chi connectivity index (χ0n) is 11.2. The van der Waals surface area contributed by atoms with Crippen LogP contribution >= 0.6 is 12.2 Å². The Balaban J connectivity index is 2.03. The van der Waals surface area contributed by atoms with E-state index < -0.39 is 0 Å². The van der Waals surface area contributed by atoms with E-state index in [2.05, 4.69) is 11.9 Å². The first-order chi connectivity index (χ1) is 9.22. The molecule has 0 radical (unpaired) electrons. The zero-order valence-corrected chi connectivity index (χ0v) is 12.0. The number of aromatic amines is 1. The molecule has 4 nitrogen and oxygen atoms in total. The number of pyridine rings is 1. The Bertz CT molecular complexity index is 486. The normalized spacial score (nSPS) is 19.4. The maximum atomic E-state index is 12.4. The number of piperidine rings is 1. The van der Waals surface area contributed by atoms with Crippen molar-refractivity contribution in [2.24, 2.45) is 0 Å². The number of ether oxygens (including phenoxy) is 1. The maximum Gasteiger partial charge on any atom is 0.256 e. The van der Waals surface area contributed by atoms with E-state index >= 15 is 0 Å². The molecular formula is C14H20N2O2S. The second-order valence-corrected chi connectivity index (χ2v) is 5.21. The highest BCUT2D eigenvalue weighted by atomic mass is 32.1. The average Bonchev–Trinajstić information content (AvgIpc) is 2.45. The van der Waals surface area contributed by atoms with E-state index in [9.17, 15) is 4.79 Å². The Hall–Kier alpha value is -1.20. The number of amides is 1. The molecule has 2 heterocycles. The van der Waals surface area contributed by atoms with Crippen molar-refractivity contribution >= 4 is 18.1 Å². The summed E-state index contributed by atoms with van der Waals surface area (Å²) >= 11 is 5.16. The summed E-state index contributed by atoms with van der Waals surface area (Å²) in [5, 5.41) is 0. The van der Waals surface area contributed by atoms with Gasteiger partial charge >= 0.3 is 0 Å². The number of H-pyrrole nitrogens is 1. The van der Waals surface area contributed by atoms with Gasteiger partial charge in [-0.05, 0) is 31.4 Å². The third kappa shape index (κ3) is 3.64. The summed E-state index contributed by atoms with van der Waals surface area (Å²) in [6.07, 6.45) is 4.94. The molecule has 1 aliphatic rings. The molecule has 1 aromatic rings. The Labute approximate surface area is 118 Å². The van der Waals surface area contributed by atoms with Crippen LogP contribution in [0.3, 0.4) is 0 Å². The van der Waals surface area contributed by atoms with E-state index in [1.165, 1.54) is 0 Å². The van der Waals surface area contributed by atoms with Gasteiger partial charge in [-0.15, -0.1) is 0 Å². The lowest BCUT2D eigenvalue weighted by molar-refractivity contribution is 0.00208. The smallest absolute Gasteiger partial charge is 0.256 e. The number of carbonyl (C=O) groups excluding carboxylic acids is 1. The highest BCUT2D eigenvalue weighted by molar-refractivity contribution is 7.71. The van der Waals surface area contributed by atoms with E-state index in [0.29, 0.717) is 16.7 Å². The second kappa shape index (κ2) is 6.82. The Morgan fingerprint density at radius 2 is 2.47 bits per heavy atom. The SMILES string of the molecule is CCCO[C@@H]1CCCN(C(=O)c2ccc[nH]c2=S)C1. The average molecular weight is 280 g/mol. The summed E-state index contributed by atoms with van der Waals surface area (Å²) in [5.74, 6) is 0.00616. The minimum atomic E-state index is 0.00616. The molecule has 1 saturated heterocycles. The molecule has 1 atom stereocenters. The summed E-state index contributed by atoms with van der Waals surface area (Å²) < 4.78 is 6.25. The Morgan fingerprint density at radius 1 is 1.63 bits per heavy atom. The quantitative estimate of drug-likeness (QED) is 0.863. The van der Waals surface area contributed by atoms with Crippen molar-refractivity contribution in [1.29, 1.82) is 0 Å². The van der Waals surface area contributed by atoms with Crippen LogP contribution in [-0.2, 0) is 4.74 Å². The number of hydrogen-bond acceptors (Lipinski definition) is 3. The molecule has 0 unspecified atom stereocenters. The van der Waals surface area contributed by atoms with Gasteiger partial charge in [0.15, 0.2) is 0 Å². The fourth-order valence-electron chi connectivity index (χ4n) is 2.30. The molecule has 0 aliphatic carbocycles. The lowest BCUT2D eigenvalue weighted by Crippen LogP contribution is -2.43. The van der Waals surface area contributed by atoms with Gasteiger partial charge in [0.1, 0.15) is 4.64 Å². The van der Waals surface area contributed by atoms with Crippen LogP contribution in [0.15, 0.2) is 18.3 Å². The third-order valence-electron chi connectivity index (χ3n) is 3.27. The number of likely N-dealkylation sites (tertiary alicyclic amines) is 1. The third-order valence-corrected chi connectivity index (χ3v) is 3.61. The van der Waals surface area contributed by atoms with E-state index in [-0.39, 0.29) is 12.0 Å². The summed E-state index contributed by atoms with van der Waals surface area (Å²) in [4.78, 5) is 17.2. The highest BCUT2D eigenvalue weighted by Gasteiger charge is 2.25. The molecule has 0 spiro atoms. The van der Waals surface area contributed by atoms with Crippen LogP contribution in [0.2, 0.25) is 0 Å². The minimum absolute atomic E-state index is 0.00616. The first kappa shape index (κ1) is 14.2. The van der Waals surface area contributed by atoms with Gasteiger partial charge in [0.25, 0.3) is 5.91 Å². The first-order valence-corrected chi connectivity index (χ1v) is 7.21. The second-order valence-electron chi connectivity index (χ2n) is 4.80. The molecule has 19 heavy (non-hydrogen) atoms. The molecule has 5 heteroatoms. The molecule has 1 N–H and O–H groups in total. The number of carbonyl (C=O) groups is 1. The lowest BCUT2D eigenvalue weighted by Gasteiger charge is -2.32. The first-order valence-electron chi connectivity index (χ1n) is 6.81. The van der Waals surface area contributed by atoms with Crippen molar-refractivity contribution in [2.75, 3.05) is 19.7 Å². The predicted octanol–water partition coefficient (Wildman–Crippen LogP) is 2.78. The van der Waals surface area contributed by atoms with Crippen molar-refractivity contribution < 1.29 is 9.53 Å². The molecule has 0 aromatic carbocycles. The van der Waals surface area contributed by atoms with E-state index in [4.69, 9.17) is 17.0 Å². The molecular weight excluding hydrogens is 260 g/mol. The molecule has 1 fully saturated rings. The number of rotatable bonds is 4. The summed E-state index contributed by atoms with van der Waals surface area (Å²) in [7, 11) is 0. The van der Waals surface area contributed by atoms with Crippen LogP contribution in [0.4, 0.5) is 0 Å². The van der Waals surface area contributed by atoms with Crippen LogP contribution in [-0.4, -0.2) is 41.6 Å². The van der Waals surface area contributed by atoms with Crippen molar-refractivity contribution in [3.8, 4) is 0 Å². The van der Waals surface area contributed by atoms with Crippen LogP contribution in [0, 0.1) is 4.64 Å². The monoisotopic (exact) mass is 280 g/mol. The largest absolute Gasteiger partial charge is 0.376 e. The summed E-state index contributed by atoms with van der Waals surface area (Å²) in [6.45, 7) is 4.31. The Kier molecular flexibility index (Phi) is 5.10. The van der Waals surface area contributed by atoms with E-state index in [1.807, 2.05) is 4.90 Å². The van der Waals surface area contributed by atoms with Gasteiger partial charge < -0.3 is 14.6 Å². The molecule has 104 valence electrons. The molecule has 1 aromatic heterocycles. The van der Waals surface area contributed by atoms with Crippen molar-refractivity contribution in [3.63, 3.8) is 0 Å². The fourth-order valence-corrected chi connectivity index (χ4v) is 2.53. The van der Waals surface area contributed by atoms with Gasteiger partial charge in [-0.25, -0.2) is 0 Å². The van der Waals surface area contributed by atoms with Crippen LogP contribution in [0.25, 0.3) is 0 Å². The number of nitrogens with zero attached hydrogens (tertiary/aromatic N) is 1.